The number of hydrogen-bond donors (Lipinski definition) is 3. The maximum atomic E-state index is 12.1. The number of rotatable bonds is 8. The molecule has 0 aliphatic carbocycles. The van der Waals surface area contributed by atoms with Crippen LogP contribution < -0.4 is 10.6 Å². The lowest BCUT2D eigenvalue weighted by molar-refractivity contribution is -0.132. The Bertz CT molecular complexity index is 950. The largest absolute Gasteiger partial charge is 0.478 e. The number of carboxylic acid groups (broad SMARTS) is 1. The molecule has 7 nitrogen and oxygen atoms in total. The van der Waals surface area contributed by atoms with Crippen LogP contribution in [0.1, 0.15) is 24.2 Å². The van der Waals surface area contributed by atoms with Crippen molar-refractivity contribution < 1.29 is 24.3 Å². The molecule has 2 rings (SSSR count). The lowest BCUT2D eigenvalue weighted by Crippen LogP contribution is -2.14. The molecule has 0 saturated heterocycles. The number of carbonyl (C=O) groups is 4. The van der Waals surface area contributed by atoms with Crippen LogP contribution in [0.2, 0.25) is 0 Å². The third kappa shape index (κ3) is 7.27. The summed E-state index contributed by atoms with van der Waals surface area (Å²) in [6.07, 6.45) is 1.01. The quantitative estimate of drug-likeness (QED) is 0.347. The lowest BCUT2D eigenvalue weighted by Gasteiger charge is -2.07. The van der Waals surface area contributed by atoms with Gasteiger partial charge in [-0.2, -0.15) is 0 Å². The van der Waals surface area contributed by atoms with Crippen LogP contribution in [0.15, 0.2) is 65.1 Å². The van der Waals surface area contributed by atoms with Crippen molar-refractivity contribution in [1.29, 1.82) is 0 Å². The second-order valence-corrected chi connectivity index (χ2v) is 7.17. The molecule has 2 amide bonds. The Morgan fingerprint density at radius 3 is 2.00 bits per heavy atom. The number of ketones is 1. The Morgan fingerprint density at radius 1 is 0.897 bits per heavy atom. The molecule has 0 atom stereocenters. The van der Waals surface area contributed by atoms with Gasteiger partial charge in [0.2, 0.25) is 11.8 Å². The molecular weight excluding hydrogens is 392 g/mol. The average molecular weight is 412 g/mol. The molecule has 3 N–H and O–H groups in total. The minimum atomic E-state index is -1.15. The van der Waals surface area contributed by atoms with Crippen LogP contribution in [-0.2, 0) is 14.4 Å². The summed E-state index contributed by atoms with van der Waals surface area (Å²) in [4.78, 5) is 46.6. The molecule has 29 heavy (non-hydrogen) atoms. The van der Waals surface area contributed by atoms with Crippen molar-refractivity contribution in [1.82, 2.24) is 0 Å². The predicted molar refractivity (Wildman–Crippen MR) is 112 cm³/mol. The normalized spacial score (nSPS) is 10.9. The summed E-state index contributed by atoms with van der Waals surface area (Å²) in [5.74, 6) is -1.70. The van der Waals surface area contributed by atoms with Gasteiger partial charge in [0.15, 0.2) is 5.78 Å². The van der Waals surface area contributed by atoms with Crippen LogP contribution in [0, 0.1) is 0 Å². The van der Waals surface area contributed by atoms with Gasteiger partial charge < -0.3 is 15.7 Å². The van der Waals surface area contributed by atoms with E-state index >= 15 is 0 Å². The smallest absolute Gasteiger partial charge is 0.331 e. The van der Waals surface area contributed by atoms with E-state index in [4.69, 9.17) is 5.11 Å². The number of Topliss-reactive ketones (excluding diaryl/α,β-unsaturated/α-hetero) is 1. The predicted octanol–water partition coefficient (Wildman–Crippen LogP) is 3.59. The Morgan fingerprint density at radius 2 is 1.45 bits per heavy atom. The summed E-state index contributed by atoms with van der Waals surface area (Å²) in [6.45, 7) is 2.82. The Labute approximate surface area is 172 Å². The summed E-state index contributed by atoms with van der Waals surface area (Å²) >= 11 is 1.33. The van der Waals surface area contributed by atoms with Crippen molar-refractivity contribution in [3.05, 3.63) is 65.7 Å². The minimum absolute atomic E-state index is 0.0360. The highest BCUT2D eigenvalue weighted by atomic mass is 32.2. The summed E-state index contributed by atoms with van der Waals surface area (Å²) < 4.78 is 0. The summed E-state index contributed by atoms with van der Waals surface area (Å²) in [6, 6.07) is 13.5. The van der Waals surface area contributed by atoms with Gasteiger partial charge in [-0.1, -0.05) is 0 Å². The van der Waals surface area contributed by atoms with E-state index in [1.807, 2.05) is 0 Å². The highest BCUT2D eigenvalue weighted by Gasteiger charge is 2.07. The molecule has 0 aliphatic rings. The van der Waals surface area contributed by atoms with Gasteiger partial charge in [-0.05, 0) is 62.4 Å². The van der Waals surface area contributed by atoms with Crippen LogP contribution >= 0.6 is 11.8 Å². The Hall–Kier alpha value is -3.39. The van der Waals surface area contributed by atoms with E-state index in [-0.39, 0.29) is 23.0 Å². The van der Waals surface area contributed by atoms with Gasteiger partial charge in [-0.25, -0.2) is 4.79 Å². The average Bonchev–Trinajstić information content (AvgIpc) is 2.67. The molecule has 150 valence electrons. The molecule has 0 fully saturated rings. The molecule has 8 heteroatoms. The van der Waals surface area contributed by atoms with Gasteiger partial charge in [-0.3, -0.25) is 14.4 Å². The standard InChI is InChI=1S/C21H20N2O5S/c1-13(21(27)28)11-19(25)22-17-7-9-18(10-8-17)29-12-20(26)23-16-5-3-15(4-6-16)14(2)24/h3-11H,12H2,1-2H3,(H,22,25)(H,23,26)(H,27,28)/b13-11-. The molecule has 0 heterocycles. The number of nitrogens with one attached hydrogen (secondary N) is 2. The molecule has 2 aromatic carbocycles. The number of benzene rings is 2. The minimum Gasteiger partial charge on any atom is -0.478 e. The second-order valence-electron chi connectivity index (χ2n) is 6.12. The summed E-state index contributed by atoms with van der Waals surface area (Å²) in [7, 11) is 0. The number of anilines is 2. The van der Waals surface area contributed by atoms with Crippen LogP contribution in [0.25, 0.3) is 0 Å². The molecule has 0 bridgehead atoms. The zero-order chi connectivity index (χ0) is 21.4. The molecule has 0 aromatic heterocycles. The number of aliphatic carboxylic acids is 1. The SMILES string of the molecule is CC(=O)c1ccc(NC(=O)CSc2ccc(NC(=O)/C=C(/C)C(=O)O)cc2)cc1. The topological polar surface area (TPSA) is 113 Å². The molecule has 0 saturated carbocycles. The molecular formula is C21H20N2O5S. The van der Waals surface area contributed by atoms with Crippen LogP contribution in [0.5, 0.6) is 0 Å². The fourth-order valence-corrected chi connectivity index (χ4v) is 2.90. The Kier molecular flexibility index (Phi) is 7.73. The first-order chi connectivity index (χ1) is 13.7. The molecule has 0 radical (unpaired) electrons. The molecule has 0 aliphatic heterocycles. The van der Waals surface area contributed by atoms with Gasteiger partial charge >= 0.3 is 5.97 Å². The molecule has 0 unspecified atom stereocenters. The van der Waals surface area contributed by atoms with Crippen LogP contribution in [0.3, 0.4) is 0 Å². The van der Waals surface area contributed by atoms with Crippen molar-refractivity contribution in [3.8, 4) is 0 Å². The third-order valence-electron chi connectivity index (χ3n) is 3.75. The first-order valence-corrected chi connectivity index (χ1v) is 9.59. The van der Waals surface area contributed by atoms with Crippen LogP contribution in [-0.4, -0.2) is 34.4 Å². The highest BCUT2D eigenvalue weighted by molar-refractivity contribution is 8.00. The van der Waals surface area contributed by atoms with Crippen molar-refractivity contribution in [3.63, 3.8) is 0 Å². The number of hydrogen-bond acceptors (Lipinski definition) is 5. The molecule has 2 aromatic rings. The van der Waals surface area contributed by atoms with Gasteiger partial charge in [0.25, 0.3) is 0 Å². The first-order valence-electron chi connectivity index (χ1n) is 8.61. The van der Waals surface area contributed by atoms with Gasteiger partial charge in [0.1, 0.15) is 0 Å². The van der Waals surface area contributed by atoms with E-state index in [9.17, 15) is 19.2 Å². The van der Waals surface area contributed by atoms with E-state index in [0.29, 0.717) is 16.9 Å². The fraction of sp³-hybridized carbons (Fsp3) is 0.143. The first kappa shape index (κ1) is 21.9. The van der Waals surface area contributed by atoms with Crippen molar-refractivity contribution in [2.24, 2.45) is 0 Å². The molecule has 0 spiro atoms. The summed E-state index contributed by atoms with van der Waals surface area (Å²) in [5.41, 5.74) is 1.65. The monoisotopic (exact) mass is 412 g/mol. The summed E-state index contributed by atoms with van der Waals surface area (Å²) in [5, 5.41) is 14.1. The second kappa shape index (κ2) is 10.2. The van der Waals surface area contributed by atoms with E-state index in [2.05, 4.69) is 10.6 Å². The van der Waals surface area contributed by atoms with E-state index in [1.165, 1.54) is 25.6 Å². The Balaban J connectivity index is 1.84. The third-order valence-corrected chi connectivity index (χ3v) is 4.76. The fourth-order valence-electron chi connectivity index (χ4n) is 2.21. The van der Waals surface area contributed by atoms with Gasteiger partial charge in [0.05, 0.1) is 5.75 Å². The maximum Gasteiger partial charge on any atom is 0.331 e. The van der Waals surface area contributed by atoms with Crippen molar-refractivity contribution in [2.75, 3.05) is 16.4 Å². The zero-order valence-corrected chi connectivity index (χ0v) is 16.7. The van der Waals surface area contributed by atoms with Crippen molar-refractivity contribution >= 4 is 46.7 Å². The van der Waals surface area contributed by atoms with E-state index < -0.39 is 11.9 Å². The maximum absolute atomic E-state index is 12.1. The van der Waals surface area contributed by atoms with Crippen molar-refractivity contribution in [2.45, 2.75) is 18.7 Å². The van der Waals surface area contributed by atoms with Gasteiger partial charge in [0, 0.05) is 33.5 Å². The zero-order valence-electron chi connectivity index (χ0n) is 15.9. The van der Waals surface area contributed by atoms with E-state index in [1.54, 1.807) is 48.5 Å². The lowest BCUT2D eigenvalue weighted by atomic mass is 10.1. The number of carboxylic acids is 1. The highest BCUT2D eigenvalue weighted by Crippen LogP contribution is 2.21. The number of thioether (sulfide) groups is 1. The van der Waals surface area contributed by atoms with Crippen LogP contribution in [0.4, 0.5) is 11.4 Å². The number of carbonyl (C=O) groups excluding carboxylic acids is 3. The number of amides is 2. The van der Waals surface area contributed by atoms with Gasteiger partial charge in [-0.15, -0.1) is 11.8 Å². The van der Waals surface area contributed by atoms with E-state index in [0.717, 1.165) is 11.0 Å².